The lowest BCUT2D eigenvalue weighted by molar-refractivity contribution is 0.116. The van der Waals surface area contributed by atoms with Crippen molar-refractivity contribution in [1.29, 1.82) is 0 Å². The van der Waals surface area contributed by atoms with Crippen LogP contribution >= 0.6 is 0 Å². The Bertz CT molecular complexity index is 613. The van der Waals surface area contributed by atoms with Crippen molar-refractivity contribution in [2.75, 3.05) is 0 Å². The van der Waals surface area contributed by atoms with Crippen LogP contribution in [0.2, 0.25) is 0 Å². The molecule has 0 saturated heterocycles. The van der Waals surface area contributed by atoms with Crippen molar-refractivity contribution in [1.82, 2.24) is 5.32 Å². The number of furan rings is 1. The summed E-state index contributed by atoms with van der Waals surface area (Å²) in [6.07, 6.45) is 3.29. The number of aliphatic hydroxyl groups excluding tert-OH is 1. The maximum Gasteiger partial charge on any atom is 0.140 e. The van der Waals surface area contributed by atoms with Crippen molar-refractivity contribution in [3.05, 3.63) is 47.7 Å². The highest BCUT2D eigenvalue weighted by Crippen LogP contribution is 2.28. The lowest BCUT2D eigenvalue weighted by Gasteiger charge is -2.25. The molecule has 1 aliphatic carbocycles. The predicted octanol–water partition coefficient (Wildman–Crippen LogP) is 3.62. The molecule has 3 rings (SSSR count). The first-order valence-electron chi connectivity index (χ1n) is 7.58. The van der Waals surface area contributed by atoms with Gasteiger partial charge in [0.15, 0.2) is 0 Å². The van der Waals surface area contributed by atoms with Crippen LogP contribution in [0.5, 0.6) is 0 Å². The van der Waals surface area contributed by atoms with Crippen LogP contribution in [-0.4, -0.2) is 17.3 Å². The largest absolute Gasteiger partial charge is 0.460 e. The fourth-order valence-corrected chi connectivity index (χ4v) is 2.87. The number of nitrogens with one attached hydrogen (secondary N) is 1. The molecule has 1 saturated carbocycles. The Kier molecular flexibility index (Phi) is 4.55. The zero-order valence-corrected chi connectivity index (χ0v) is 12.2. The lowest BCUT2D eigenvalue weighted by Crippen LogP contribution is -2.34. The van der Waals surface area contributed by atoms with Gasteiger partial charge in [0.05, 0.1) is 18.2 Å². The maximum atomic E-state index is 13.7. The standard InChI is InChI=1S/C17H19F2NO2/c18-14-2-1-3-15(19)17(14)16-9-8-13(22-16)10-20-11-4-6-12(21)7-5-11/h1-3,8-9,11-12,20-21H,4-7,10H2. The summed E-state index contributed by atoms with van der Waals surface area (Å²) in [7, 11) is 0. The molecule has 0 aliphatic heterocycles. The minimum atomic E-state index is -0.630. The first-order valence-corrected chi connectivity index (χ1v) is 7.58. The first-order chi connectivity index (χ1) is 10.6. The van der Waals surface area contributed by atoms with E-state index in [-0.39, 0.29) is 17.4 Å². The molecule has 2 N–H and O–H groups in total. The Morgan fingerprint density at radius 3 is 2.41 bits per heavy atom. The van der Waals surface area contributed by atoms with E-state index in [2.05, 4.69) is 5.32 Å². The van der Waals surface area contributed by atoms with Gasteiger partial charge in [-0.05, 0) is 49.9 Å². The summed E-state index contributed by atoms with van der Waals surface area (Å²) in [6.45, 7) is 0.511. The SMILES string of the molecule is OC1CCC(NCc2ccc(-c3c(F)cccc3F)o2)CC1. The van der Waals surface area contributed by atoms with Crippen molar-refractivity contribution in [3.8, 4) is 11.3 Å². The predicted molar refractivity (Wildman–Crippen MR) is 79.2 cm³/mol. The Balaban J connectivity index is 1.64. The van der Waals surface area contributed by atoms with Crippen LogP contribution in [0, 0.1) is 11.6 Å². The lowest BCUT2D eigenvalue weighted by atomic mass is 9.93. The highest BCUT2D eigenvalue weighted by atomic mass is 19.1. The first kappa shape index (κ1) is 15.2. The molecule has 1 aromatic carbocycles. The minimum absolute atomic E-state index is 0.130. The molecule has 3 nitrogen and oxygen atoms in total. The summed E-state index contributed by atoms with van der Waals surface area (Å²) in [6, 6.07) is 7.42. The fourth-order valence-electron chi connectivity index (χ4n) is 2.87. The van der Waals surface area contributed by atoms with Gasteiger partial charge < -0.3 is 14.8 Å². The third-order valence-electron chi connectivity index (χ3n) is 4.13. The number of benzene rings is 1. The van der Waals surface area contributed by atoms with Gasteiger partial charge in [0, 0.05) is 6.04 Å². The Labute approximate surface area is 128 Å². The van der Waals surface area contributed by atoms with E-state index in [4.69, 9.17) is 4.42 Å². The van der Waals surface area contributed by atoms with E-state index in [1.807, 2.05) is 0 Å². The van der Waals surface area contributed by atoms with Crippen molar-refractivity contribution in [3.63, 3.8) is 0 Å². The zero-order chi connectivity index (χ0) is 15.5. The third-order valence-corrected chi connectivity index (χ3v) is 4.13. The number of hydrogen-bond donors (Lipinski definition) is 2. The van der Waals surface area contributed by atoms with Gasteiger partial charge in [-0.25, -0.2) is 8.78 Å². The monoisotopic (exact) mass is 307 g/mol. The van der Waals surface area contributed by atoms with Crippen LogP contribution in [0.4, 0.5) is 8.78 Å². The molecule has 0 amide bonds. The third kappa shape index (κ3) is 3.36. The average Bonchev–Trinajstić information content (AvgIpc) is 2.95. The smallest absolute Gasteiger partial charge is 0.140 e. The van der Waals surface area contributed by atoms with Crippen LogP contribution < -0.4 is 5.32 Å². The number of rotatable bonds is 4. The van der Waals surface area contributed by atoms with Gasteiger partial charge in [0.2, 0.25) is 0 Å². The van der Waals surface area contributed by atoms with Crippen molar-refractivity contribution < 1.29 is 18.3 Å². The molecule has 0 bridgehead atoms. The quantitative estimate of drug-likeness (QED) is 0.907. The molecule has 22 heavy (non-hydrogen) atoms. The second-order valence-corrected chi connectivity index (χ2v) is 5.75. The molecule has 2 aromatic rings. The Morgan fingerprint density at radius 2 is 1.73 bits per heavy atom. The summed E-state index contributed by atoms with van der Waals surface area (Å²) in [5, 5.41) is 12.8. The van der Waals surface area contributed by atoms with Gasteiger partial charge in [-0.3, -0.25) is 0 Å². The second-order valence-electron chi connectivity index (χ2n) is 5.75. The van der Waals surface area contributed by atoms with Gasteiger partial charge in [-0.2, -0.15) is 0 Å². The summed E-state index contributed by atoms with van der Waals surface area (Å²) in [5.74, 6) is -0.416. The van der Waals surface area contributed by atoms with Crippen molar-refractivity contribution >= 4 is 0 Å². The van der Waals surface area contributed by atoms with Crippen LogP contribution in [0.25, 0.3) is 11.3 Å². The normalized spacial score (nSPS) is 22.0. The van der Waals surface area contributed by atoms with E-state index in [1.165, 1.54) is 18.2 Å². The molecular weight excluding hydrogens is 288 g/mol. The minimum Gasteiger partial charge on any atom is -0.460 e. The second kappa shape index (κ2) is 6.58. The van der Waals surface area contributed by atoms with Gasteiger partial charge >= 0.3 is 0 Å². The van der Waals surface area contributed by atoms with E-state index >= 15 is 0 Å². The summed E-state index contributed by atoms with van der Waals surface area (Å²) in [5.41, 5.74) is -0.130. The topological polar surface area (TPSA) is 45.4 Å². The molecule has 0 unspecified atom stereocenters. The summed E-state index contributed by atoms with van der Waals surface area (Å²) < 4.78 is 33.0. The van der Waals surface area contributed by atoms with Crippen molar-refractivity contribution in [2.45, 2.75) is 44.4 Å². The highest BCUT2D eigenvalue weighted by Gasteiger charge is 2.19. The fraction of sp³-hybridized carbons (Fsp3) is 0.412. The van der Waals surface area contributed by atoms with Crippen molar-refractivity contribution in [2.24, 2.45) is 0 Å². The van der Waals surface area contributed by atoms with Crippen LogP contribution in [0.15, 0.2) is 34.7 Å². The number of halogens is 2. The molecule has 1 aromatic heterocycles. The van der Waals surface area contributed by atoms with E-state index in [1.54, 1.807) is 12.1 Å². The van der Waals surface area contributed by atoms with Gasteiger partial charge in [0.25, 0.3) is 0 Å². The molecular formula is C17H19F2NO2. The van der Waals surface area contributed by atoms with E-state index in [0.29, 0.717) is 18.3 Å². The van der Waals surface area contributed by atoms with Gasteiger partial charge in [0.1, 0.15) is 23.2 Å². The molecule has 0 radical (unpaired) electrons. The van der Waals surface area contributed by atoms with Gasteiger partial charge in [-0.1, -0.05) is 6.07 Å². The van der Waals surface area contributed by atoms with Crippen LogP contribution in [-0.2, 0) is 6.54 Å². The Hall–Kier alpha value is -1.72. The molecule has 1 heterocycles. The maximum absolute atomic E-state index is 13.7. The zero-order valence-electron chi connectivity index (χ0n) is 12.2. The van der Waals surface area contributed by atoms with Gasteiger partial charge in [-0.15, -0.1) is 0 Å². The summed E-state index contributed by atoms with van der Waals surface area (Å²) in [4.78, 5) is 0. The molecule has 1 fully saturated rings. The molecule has 1 aliphatic rings. The van der Waals surface area contributed by atoms with Crippen LogP contribution in [0.3, 0.4) is 0 Å². The van der Waals surface area contributed by atoms with E-state index in [9.17, 15) is 13.9 Å². The highest BCUT2D eigenvalue weighted by molar-refractivity contribution is 5.59. The molecule has 0 atom stereocenters. The Morgan fingerprint density at radius 1 is 1.05 bits per heavy atom. The number of hydrogen-bond acceptors (Lipinski definition) is 3. The summed E-state index contributed by atoms with van der Waals surface area (Å²) >= 11 is 0. The molecule has 118 valence electrons. The average molecular weight is 307 g/mol. The number of aliphatic hydroxyl groups is 1. The molecule has 5 heteroatoms. The molecule has 0 spiro atoms. The van der Waals surface area contributed by atoms with E-state index < -0.39 is 11.6 Å². The van der Waals surface area contributed by atoms with E-state index in [0.717, 1.165) is 25.7 Å². The van der Waals surface area contributed by atoms with Crippen LogP contribution in [0.1, 0.15) is 31.4 Å².